The summed E-state index contributed by atoms with van der Waals surface area (Å²) in [7, 11) is 0. The number of anilines is 1. The molecule has 4 rings (SSSR count). The van der Waals surface area contributed by atoms with Gasteiger partial charge in [0, 0.05) is 23.9 Å². The van der Waals surface area contributed by atoms with E-state index in [0.717, 1.165) is 22.9 Å². The first-order chi connectivity index (χ1) is 12.7. The van der Waals surface area contributed by atoms with Crippen LogP contribution in [-0.2, 0) is 23.8 Å². The molecule has 0 radical (unpaired) electrons. The molecule has 140 valence electrons. The molecular formula is C20H18F3N3O. The summed E-state index contributed by atoms with van der Waals surface area (Å²) in [5.74, 6) is -0.0842. The third-order valence-electron chi connectivity index (χ3n) is 4.81. The lowest BCUT2D eigenvalue weighted by molar-refractivity contribution is -0.136. The largest absolute Gasteiger partial charge is 0.418 e. The van der Waals surface area contributed by atoms with Crippen LogP contribution in [0.25, 0.3) is 5.52 Å². The molecule has 0 aliphatic carbocycles. The van der Waals surface area contributed by atoms with Gasteiger partial charge >= 0.3 is 6.18 Å². The number of benzene rings is 1. The molecule has 2 aromatic heterocycles. The van der Waals surface area contributed by atoms with Crippen molar-refractivity contribution < 1.29 is 18.0 Å². The molecule has 0 bridgehead atoms. The molecule has 4 nitrogen and oxygen atoms in total. The van der Waals surface area contributed by atoms with Crippen LogP contribution in [0.1, 0.15) is 47.7 Å². The molecule has 3 aromatic rings. The van der Waals surface area contributed by atoms with Crippen LogP contribution < -0.4 is 5.32 Å². The van der Waals surface area contributed by atoms with Gasteiger partial charge in [-0.1, -0.05) is 26.0 Å². The summed E-state index contributed by atoms with van der Waals surface area (Å²) in [6.45, 7) is 3.84. The fourth-order valence-corrected chi connectivity index (χ4v) is 3.64. The van der Waals surface area contributed by atoms with Gasteiger partial charge in [-0.15, -0.1) is 0 Å². The number of hydrogen-bond donors (Lipinski definition) is 1. The van der Waals surface area contributed by atoms with Gasteiger partial charge in [-0.05, 0) is 35.2 Å². The van der Waals surface area contributed by atoms with E-state index in [4.69, 9.17) is 0 Å². The van der Waals surface area contributed by atoms with Gasteiger partial charge in [-0.3, -0.25) is 4.79 Å². The number of alkyl halides is 3. The Kier molecular flexibility index (Phi) is 3.98. The van der Waals surface area contributed by atoms with Gasteiger partial charge in [-0.25, -0.2) is 4.52 Å². The maximum atomic E-state index is 13.6. The van der Waals surface area contributed by atoms with Crippen LogP contribution >= 0.6 is 0 Å². The third kappa shape index (κ3) is 3.07. The van der Waals surface area contributed by atoms with Crippen molar-refractivity contribution in [1.29, 1.82) is 0 Å². The molecule has 1 aromatic carbocycles. The summed E-state index contributed by atoms with van der Waals surface area (Å²) in [5, 5.41) is 7.18. The second-order valence-electron chi connectivity index (χ2n) is 7.12. The summed E-state index contributed by atoms with van der Waals surface area (Å²) in [5.41, 5.74) is 3.15. The van der Waals surface area contributed by atoms with E-state index in [9.17, 15) is 18.0 Å². The number of amides is 1. The Morgan fingerprint density at radius 1 is 1.26 bits per heavy atom. The van der Waals surface area contributed by atoms with E-state index in [1.54, 1.807) is 12.3 Å². The molecule has 0 saturated carbocycles. The molecule has 0 fully saturated rings. The van der Waals surface area contributed by atoms with E-state index in [1.807, 2.05) is 26.0 Å². The van der Waals surface area contributed by atoms with E-state index in [-0.39, 0.29) is 17.3 Å². The average molecular weight is 373 g/mol. The van der Waals surface area contributed by atoms with Crippen molar-refractivity contribution in [3.05, 3.63) is 64.5 Å². The van der Waals surface area contributed by atoms with Crippen molar-refractivity contribution in [2.75, 3.05) is 5.32 Å². The van der Waals surface area contributed by atoms with Crippen LogP contribution in [0.15, 0.2) is 36.5 Å². The molecule has 1 amide bonds. The maximum absolute atomic E-state index is 13.6. The molecule has 1 aliphatic heterocycles. The minimum absolute atomic E-state index is 0.0151. The van der Waals surface area contributed by atoms with Crippen LogP contribution in [0.5, 0.6) is 0 Å². The van der Waals surface area contributed by atoms with Gasteiger partial charge in [0.05, 0.1) is 23.2 Å². The second-order valence-corrected chi connectivity index (χ2v) is 7.12. The number of nitrogens with one attached hydrogen (secondary N) is 1. The molecule has 1 aliphatic rings. The predicted octanol–water partition coefficient (Wildman–Crippen LogP) is 4.56. The lowest BCUT2D eigenvalue weighted by atomic mass is 9.95. The molecular weight excluding hydrogens is 355 g/mol. The van der Waals surface area contributed by atoms with Crippen molar-refractivity contribution in [2.24, 2.45) is 0 Å². The fourth-order valence-electron chi connectivity index (χ4n) is 3.64. The standard InChI is InChI=1S/C20H18F3N3O/c1-11(2)18-14(9-12-5-6-16-13(8-12)10-17(27)24-16)19-15(20(21,22)23)4-3-7-26(19)25-18/h3-8,11H,9-10H2,1-2H3,(H,24,27). The lowest BCUT2D eigenvalue weighted by Gasteiger charge is -2.12. The molecule has 3 heterocycles. The molecule has 7 heteroatoms. The smallest absolute Gasteiger partial charge is 0.326 e. The number of carbonyl (C=O) groups excluding carboxylic acids is 1. The Morgan fingerprint density at radius 3 is 2.74 bits per heavy atom. The predicted molar refractivity (Wildman–Crippen MR) is 95.9 cm³/mol. The number of nitrogens with zero attached hydrogens (tertiary/aromatic N) is 2. The number of halogens is 3. The highest BCUT2D eigenvalue weighted by molar-refractivity contribution is 5.99. The summed E-state index contributed by atoms with van der Waals surface area (Å²) in [6, 6.07) is 7.99. The number of aromatic nitrogens is 2. The Balaban J connectivity index is 1.86. The SMILES string of the molecule is CC(C)c1nn2cccc(C(F)(F)F)c2c1Cc1ccc2c(c1)CC(=O)N2. The van der Waals surface area contributed by atoms with Crippen LogP contribution in [0.3, 0.4) is 0 Å². The van der Waals surface area contributed by atoms with E-state index in [1.165, 1.54) is 10.6 Å². The van der Waals surface area contributed by atoms with Crippen LogP contribution in [0.2, 0.25) is 0 Å². The Morgan fingerprint density at radius 2 is 2.04 bits per heavy atom. The number of rotatable bonds is 3. The van der Waals surface area contributed by atoms with Crippen molar-refractivity contribution in [3.63, 3.8) is 0 Å². The van der Waals surface area contributed by atoms with Crippen molar-refractivity contribution in [3.8, 4) is 0 Å². The number of carbonyl (C=O) groups is 1. The Bertz CT molecular complexity index is 1050. The fraction of sp³-hybridized carbons (Fsp3) is 0.300. The summed E-state index contributed by atoms with van der Waals surface area (Å²) in [4.78, 5) is 11.6. The molecule has 0 spiro atoms. The van der Waals surface area contributed by atoms with Crippen molar-refractivity contribution >= 4 is 17.1 Å². The minimum atomic E-state index is -4.46. The summed E-state index contributed by atoms with van der Waals surface area (Å²) in [6.07, 6.45) is -2.29. The van der Waals surface area contributed by atoms with Gasteiger partial charge in [0.15, 0.2) is 0 Å². The number of fused-ring (bicyclic) bond motifs is 2. The van der Waals surface area contributed by atoms with E-state index >= 15 is 0 Å². The third-order valence-corrected chi connectivity index (χ3v) is 4.81. The van der Waals surface area contributed by atoms with Gasteiger partial charge in [0.2, 0.25) is 5.91 Å². The normalized spacial score (nSPS) is 14.1. The highest BCUT2D eigenvalue weighted by atomic mass is 19.4. The Labute approximate surface area is 154 Å². The van der Waals surface area contributed by atoms with Gasteiger partial charge < -0.3 is 5.32 Å². The summed E-state index contributed by atoms with van der Waals surface area (Å²) >= 11 is 0. The first-order valence-electron chi connectivity index (χ1n) is 8.73. The van der Waals surface area contributed by atoms with Crippen LogP contribution in [0, 0.1) is 0 Å². The monoisotopic (exact) mass is 373 g/mol. The van der Waals surface area contributed by atoms with E-state index in [2.05, 4.69) is 10.4 Å². The average Bonchev–Trinajstić information content (AvgIpc) is 3.13. The van der Waals surface area contributed by atoms with Crippen LogP contribution in [0.4, 0.5) is 18.9 Å². The van der Waals surface area contributed by atoms with Crippen LogP contribution in [-0.4, -0.2) is 15.5 Å². The molecule has 27 heavy (non-hydrogen) atoms. The van der Waals surface area contributed by atoms with Gasteiger partial charge in [0.25, 0.3) is 0 Å². The van der Waals surface area contributed by atoms with Crippen molar-refractivity contribution in [1.82, 2.24) is 9.61 Å². The highest BCUT2D eigenvalue weighted by Crippen LogP contribution is 2.37. The van der Waals surface area contributed by atoms with Crippen molar-refractivity contribution in [2.45, 2.75) is 38.8 Å². The number of hydrogen-bond acceptors (Lipinski definition) is 2. The lowest BCUT2D eigenvalue weighted by Crippen LogP contribution is -2.08. The zero-order valence-corrected chi connectivity index (χ0v) is 14.9. The number of pyridine rings is 1. The Hall–Kier alpha value is -2.83. The zero-order chi connectivity index (χ0) is 19.3. The second kappa shape index (κ2) is 6.11. The zero-order valence-electron chi connectivity index (χ0n) is 14.9. The van der Waals surface area contributed by atoms with E-state index in [0.29, 0.717) is 24.1 Å². The minimum Gasteiger partial charge on any atom is -0.326 e. The quantitative estimate of drug-likeness (QED) is 0.731. The first kappa shape index (κ1) is 17.6. The first-order valence-corrected chi connectivity index (χ1v) is 8.73. The van der Waals surface area contributed by atoms with Gasteiger partial charge in [-0.2, -0.15) is 18.3 Å². The highest BCUT2D eigenvalue weighted by Gasteiger charge is 2.35. The van der Waals surface area contributed by atoms with Gasteiger partial charge in [0.1, 0.15) is 0 Å². The molecule has 0 atom stereocenters. The molecule has 0 unspecified atom stereocenters. The summed E-state index contributed by atoms with van der Waals surface area (Å²) < 4.78 is 42.1. The topological polar surface area (TPSA) is 46.4 Å². The maximum Gasteiger partial charge on any atom is 0.418 e. The van der Waals surface area contributed by atoms with E-state index < -0.39 is 11.7 Å². The molecule has 1 N–H and O–H groups in total. The molecule has 0 saturated heterocycles.